The molecular weight excluding hydrogens is 188 g/mol. The molecule has 1 aliphatic heterocycles. The lowest BCUT2D eigenvalue weighted by molar-refractivity contribution is 0.00532. The van der Waals surface area contributed by atoms with E-state index in [9.17, 15) is 5.11 Å². The molecule has 0 aromatic carbocycles. The molecule has 1 N–H and O–H groups in total. The molecule has 0 aromatic heterocycles. The molecule has 1 aliphatic carbocycles. The zero-order valence-electron chi connectivity index (χ0n) is 9.23. The minimum atomic E-state index is -0.156. The largest absolute Gasteiger partial charge is 0.391 e. The average Bonchev–Trinajstić information content (AvgIpc) is 2.30. The van der Waals surface area contributed by atoms with Crippen molar-refractivity contribution in [3.05, 3.63) is 0 Å². The highest BCUT2D eigenvalue weighted by atomic mass is 16.3. The fourth-order valence-corrected chi connectivity index (χ4v) is 2.93. The average molecular weight is 208 g/mol. The first-order valence-electron chi connectivity index (χ1n) is 6.13. The van der Waals surface area contributed by atoms with Crippen LogP contribution in [0.4, 0.5) is 0 Å². The normalized spacial score (nSPS) is 38.5. The zero-order valence-corrected chi connectivity index (χ0v) is 9.23. The van der Waals surface area contributed by atoms with Crippen LogP contribution in [0.3, 0.4) is 0 Å². The number of rotatable bonds is 1. The molecule has 2 aliphatic rings. The summed E-state index contributed by atoms with van der Waals surface area (Å²) in [6.45, 7) is 1.94. The van der Waals surface area contributed by atoms with E-state index in [2.05, 4.69) is 11.0 Å². The molecule has 2 rings (SSSR count). The molecule has 3 unspecified atom stereocenters. The fraction of sp³-hybridized carbons (Fsp3) is 0.917. The van der Waals surface area contributed by atoms with Gasteiger partial charge in [0.2, 0.25) is 0 Å². The summed E-state index contributed by atoms with van der Waals surface area (Å²) in [7, 11) is 0. The number of hydrogen-bond acceptors (Lipinski definition) is 3. The minimum absolute atomic E-state index is 0.156. The molecule has 0 radical (unpaired) electrons. The van der Waals surface area contributed by atoms with E-state index in [1.165, 1.54) is 6.42 Å². The second kappa shape index (κ2) is 4.96. The maximum Gasteiger partial charge on any atom is 0.0695 e. The summed E-state index contributed by atoms with van der Waals surface area (Å²) in [6, 6.07) is 2.69. The van der Waals surface area contributed by atoms with Gasteiger partial charge in [-0.25, -0.2) is 0 Å². The predicted molar refractivity (Wildman–Crippen MR) is 58.2 cm³/mol. The Bertz CT molecular complexity index is 248. The summed E-state index contributed by atoms with van der Waals surface area (Å²) < 4.78 is 0. The van der Waals surface area contributed by atoms with Gasteiger partial charge in [0.05, 0.1) is 18.1 Å². The van der Waals surface area contributed by atoms with E-state index in [1.54, 1.807) is 0 Å². The minimum Gasteiger partial charge on any atom is -0.391 e. The van der Waals surface area contributed by atoms with Crippen LogP contribution < -0.4 is 0 Å². The van der Waals surface area contributed by atoms with Crippen molar-refractivity contribution in [2.75, 3.05) is 13.1 Å². The maximum absolute atomic E-state index is 9.96. The molecule has 0 spiro atoms. The SMILES string of the molecule is N#CC1CCCN(C2CCCCC2O)C1. The van der Waals surface area contributed by atoms with Crippen LogP contribution in [0, 0.1) is 17.2 Å². The quantitative estimate of drug-likeness (QED) is 0.711. The van der Waals surface area contributed by atoms with Gasteiger partial charge in [-0.1, -0.05) is 12.8 Å². The number of aliphatic hydroxyl groups excluding tert-OH is 1. The Labute approximate surface area is 91.7 Å². The van der Waals surface area contributed by atoms with Gasteiger partial charge in [0.1, 0.15) is 0 Å². The number of nitrogens with zero attached hydrogens (tertiary/aromatic N) is 2. The topological polar surface area (TPSA) is 47.3 Å². The van der Waals surface area contributed by atoms with E-state index >= 15 is 0 Å². The Balaban J connectivity index is 1.94. The van der Waals surface area contributed by atoms with Gasteiger partial charge >= 0.3 is 0 Å². The van der Waals surface area contributed by atoms with E-state index in [-0.39, 0.29) is 12.0 Å². The maximum atomic E-state index is 9.96. The Morgan fingerprint density at radius 3 is 2.67 bits per heavy atom. The van der Waals surface area contributed by atoms with E-state index in [0.29, 0.717) is 6.04 Å². The molecule has 84 valence electrons. The molecule has 1 saturated heterocycles. The Morgan fingerprint density at radius 2 is 1.93 bits per heavy atom. The van der Waals surface area contributed by atoms with E-state index in [1.807, 2.05) is 0 Å². The van der Waals surface area contributed by atoms with Crippen molar-refractivity contribution in [3.63, 3.8) is 0 Å². The number of likely N-dealkylation sites (tertiary alicyclic amines) is 1. The molecule has 15 heavy (non-hydrogen) atoms. The van der Waals surface area contributed by atoms with Crippen molar-refractivity contribution in [1.82, 2.24) is 4.90 Å². The number of nitriles is 1. The lowest BCUT2D eigenvalue weighted by Crippen LogP contribution is -2.49. The lowest BCUT2D eigenvalue weighted by Gasteiger charge is -2.40. The van der Waals surface area contributed by atoms with Gasteiger partial charge < -0.3 is 5.11 Å². The molecular formula is C12H20N2O. The lowest BCUT2D eigenvalue weighted by atomic mass is 9.88. The third-order valence-electron chi connectivity index (χ3n) is 3.80. The number of aliphatic hydroxyl groups is 1. The number of hydrogen-bond donors (Lipinski definition) is 1. The van der Waals surface area contributed by atoms with Crippen molar-refractivity contribution in [2.24, 2.45) is 5.92 Å². The summed E-state index contributed by atoms with van der Waals surface area (Å²) in [4.78, 5) is 2.35. The van der Waals surface area contributed by atoms with E-state index in [0.717, 1.165) is 45.2 Å². The first-order valence-corrected chi connectivity index (χ1v) is 6.13. The summed E-state index contributed by atoms with van der Waals surface area (Å²) in [5.41, 5.74) is 0. The smallest absolute Gasteiger partial charge is 0.0695 e. The molecule has 3 heteroatoms. The molecule has 3 nitrogen and oxygen atoms in total. The van der Waals surface area contributed by atoms with Crippen LogP contribution in [-0.2, 0) is 0 Å². The van der Waals surface area contributed by atoms with Gasteiger partial charge in [0, 0.05) is 12.6 Å². The summed E-state index contributed by atoms with van der Waals surface area (Å²) in [5.74, 6) is 0.188. The van der Waals surface area contributed by atoms with Crippen LogP contribution in [0.5, 0.6) is 0 Å². The summed E-state index contributed by atoms with van der Waals surface area (Å²) in [5, 5.41) is 18.9. The van der Waals surface area contributed by atoms with Crippen molar-refractivity contribution in [3.8, 4) is 6.07 Å². The van der Waals surface area contributed by atoms with Crippen molar-refractivity contribution in [1.29, 1.82) is 5.26 Å². The highest BCUT2D eigenvalue weighted by Gasteiger charge is 2.31. The fourth-order valence-electron chi connectivity index (χ4n) is 2.93. The van der Waals surface area contributed by atoms with Gasteiger partial charge in [-0.2, -0.15) is 5.26 Å². The van der Waals surface area contributed by atoms with Gasteiger partial charge in [-0.3, -0.25) is 4.90 Å². The van der Waals surface area contributed by atoms with E-state index < -0.39 is 0 Å². The van der Waals surface area contributed by atoms with Crippen LogP contribution in [-0.4, -0.2) is 35.2 Å². The highest BCUT2D eigenvalue weighted by Crippen LogP contribution is 2.27. The zero-order chi connectivity index (χ0) is 10.7. The van der Waals surface area contributed by atoms with Crippen LogP contribution >= 0.6 is 0 Å². The molecule has 0 aromatic rings. The number of piperidine rings is 1. The Morgan fingerprint density at radius 1 is 1.13 bits per heavy atom. The van der Waals surface area contributed by atoms with Crippen LogP contribution in [0.25, 0.3) is 0 Å². The molecule has 1 heterocycles. The molecule has 3 atom stereocenters. The molecule has 2 fully saturated rings. The first-order chi connectivity index (χ1) is 7.31. The van der Waals surface area contributed by atoms with Crippen LogP contribution in [0.15, 0.2) is 0 Å². The van der Waals surface area contributed by atoms with Crippen LogP contribution in [0.1, 0.15) is 38.5 Å². The third-order valence-corrected chi connectivity index (χ3v) is 3.80. The van der Waals surface area contributed by atoms with Gasteiger partial charge in [-0.05, 0) is 32.2 Å². The molecule has 0 amide bonds. The third kappa shape index (κ3) is 2.50. The Hall–Kier alpha value is -0.590. The van der Waals surface area contributed by atoms with Crippen molar-refractivity contribution in [2.45, 2.75) is 50.7 Å². The van der Waals surface area contributed by atoms with Gasteiger partial charge in [0.15, 0.2) is 0 Å². The Kier molecular flexibility index (Phi) is 3.61. The van der Waals surface area contributed by atoms with Crippen molar-refractivity contribution >= 4 is 0 Å². The summed E-state index contributed by atoms with van der Waals surface area (Å²) >= 11 is 0. The summed E-state index contributed by atoms with van der Waals surface area (Å²) in [6.07, 6.45) is 6.44. The highest BCUT2D eigenvalue weighted by molar-refractivity contribution is 4.92. The van der Waals surface area contributed by atoms with Crippen LogP contribution in [0.2, 0.25) is 0 Å². The second-order valence-corrected chi connectivity index (χ2v) is 4.88. The molecule has 0 bridgehead atoms. The molecule has 1 saturated carbocycles. The predicted octanol–water partition coefficient (Wildman–Crippen LogP) is 1.53. The van der Waals surface area contributed by atoms with Crippen molar-refractivity contribution < 1.29 is 5.11 Å². The second-order valence-electron chi connectivity index (χ2n) is 4.88. The standard InChI is InChI=1S/C12H20N2O/c13-8-10-4-3-7-14(9-10)11-5-1-2-6-12(11)15/h10-12,15H,1-7,9H2. The van der Waals surface area contributed by atoms with Gasteiger partial charge in [0.25, 0.3) is 0 Å². The van der Waals surface area contributed by atoms with E-state index in [4.69, 9.17) is 5.26 Å². The van der Waals surface area contributed by atoms with Gasteiger partial charge in [-0.15, -0.1) is 0 Å². The first kappa shape index (κ1) is 10.9. The monoisotopic (exact) mass is 208 g/mol.